The normalized spacial score (nSPS) is 11.0. The molecule has 0 unspecified atom stereocenters. The van der Waals surface area contributed by atoms with E-state index >= 15 is 0 Å². The zero-order valence-electron chi connectivity index (χ0n) is 12.9. The summed E-state index contributed by atoms with van der Waals surface area (Å²) in [5.41, 5.74) is 1.39. The summed E-state index contributed by atoms with van der Waals surface area (Å²) in [6.07, 6.45) is 4.76. The second-order valence-corrected chi connectivity index (χ2v) is 4.99. The number of aromatic nitrogens is 1. The minimum atomic E-state index is -0.241. The zero-order valence-corrected chi connectivity index (χ0v) is 12.9. The van der Waals surface area contributed by atoms with Gasteiger partial charge in [0.2, 0.25) is 5.91 Å². The quantitative estimate of drug-likeness (QED) is 0.745. The molecule has 2 aromatic heterocycles. The molecule has 2 heterocycles. The van der Waals surface area contributed by atoms with E-state index in [1.807, 2.05) is 31.2 Å². The van der Waals surface area contributed by atoms with Crippen LogP contribution in [-0.4, -0.2) is 18.0 Å². The fraction of sp³-hybridized carbons (Fsp3) is 0.111. The maximum atomic E-state index is 12.1. The van der Waals surface area contributed by atoms with E-state index in [0.29, 0.717) is 22.7 Å². The first-order valence-corrected chi connectivity index (χ1v) is 7.14. The molecular weight excluding hydrogens is 292 g/mol. The Labute approximate surface area is 133 Å². The van der Waals surface area contributed by atoms with E-state index in [4.69, 9.17) is 9.15 Å². The summed E-state index contributed by atoms with van der Waals surface area (Å²) in [6, 6.07) is 10.9. The fourth-order valence-corrected chi connectivity index (χ4v) is 2.30. The van der Waals surface area contributed by atoms with Crippen molar-refractivity contribution in [2.24, 2.45) is 0 Å². The number of fused-ring (bicyclic) bond motifs is 1. The van der Waals surface area contributed by atoms with Crippen LogP contribution < -0.4 is 10.1 Å². The average Bonchev–Trinajstić information content (AvgIpc) is 2.99. The van der Waals surface area contributed by atoms with E-state index in [2.05, 4.69) is 10.3 Å². The monoisotopic (exact) mass is 308 g/mol. The summed E-state index contributed by atoms with van der Waals surface area (Å²) in [5.74, 6) is 1.87. The number of hydrogen-bond acceptors (Lipinski definition) is 4. The van der Waals surface area contributed by atoms with Crippen LogP contribution in [0.2, 0.25) is 0 Å². The van der Waals surface area contributed by atoms with E-state index < -0.39 is 0 Å². The van der Waals surface area contributed by atoms with Crippen molar-refractivity contribution in [1.29, 1.82) is 0 Å². The van der Waals surface area contributed by atoms with Gasteiger partial charge in [0, 0.05) is 17.7 Å². The number of carbonyl (C=O) groups is 1. The maximum Gasteiger partial charge on any atom is 0.248 e. The van der Waals surface area contributed by atoms with Gasteiger partial charge in [-0.1, -0.05) is 0 Å². The lowest BCUT2D eigenvalue weighted by atomic mass is 10.1. The molecule has 116 valence electrons. The van der Waals surface area contributed by atoms with E-state index in [9.17, 15) is 4.79 Å². The van der Waals surface area contributed by atoms with Gasteiger partial charge < -0.3 is 14.5 Å². The second kappa shape index (κ2) is 6.36. The Morgan fingerprint density at radius 2 is 2.13 bits per heavy atom. The second-order valence-electron chi connectivity index (χ2n) is 4.99. The molecule has 0 aliphatic rings. The molecule has 5 nitrogen and oxygen atoms in total. The van der Waals surface area contributed by atoms with Crippen LogP contribution >= 0.6 is 0 Å². The van der Waals surface area contributed by atoms with Gasteiger partial charge in [-0.05, 0) is 49.4 Å². The van der Waals surface area contributed by atoms with E-state index in [0.717, 1.165) is 11.1 Å². The van der Waals surface area contributed by atoms with Crippen LogP contribution in [0.3, 0.4) is 0 Å². The summed E-state index contributed by atoms with van der Waals surface area (Å²) in [7, 11) is 1.59. The Kier molecular flexibility index (Phi) is 4.10. The van der Waals surface area contributed by atoms with Gasteiger partial charge in [-0.2, -0.15) is 0 Å². The zero-order chi connectivity index (χ0) is 16.2. The largest absolute Gasteiger partial charge is 0.494 e. The van der Waals surface area contributed by atoms with Gasteiger partial charge in [0.05, 0.1) is 12.8 Å². The molecule has 0 aliphatic heterocycles. The molecule has 0 radical (unpaired) electrons. The lowest BCUT2D eigenvalue weighted by Gasteiger charge is -2.09. The summed E-state index contributed by atoms with van der Waals surface area (Å²) in [4.78, 5) is 16.4. The number of carbonyl (C=O) groups excluding carboxylic acids is 1. The van der Waals surface area contributed by atoms with Crippen LogP contribution in [0.5, 0.6) is 5.75 Å². The number of hydrogen-bond donors (Lipinski definition) is 1. The number of methoxy groups -OCH3 is 1. The van der Waals surface area contributed by atoms with Crippen LogP contribution in [0.25, 0.3) is 17.0 Å². The SMILES string of the molecule is COc1ccc(NC(=O)C=Cc2ccc(C)o2)c2cccnc12. The molecule has 1 amide bonds. The van der Waals surface area contributed by atoms with Crippen molar-refractivity contribution in [3.63, 3.8) is 0 Å². The molecule has 5 heteroatoms. The highest BCUT2D eigenvalue weighted by Gasteiger charge is 2.08. The van der Waals surface area contributed by atoms with Crippen LogP contribution in [0, 0.1) is 6.92 Å². The van der Waals surface area contributed by atoms with Crippen molar-refractivity contribution in [3.05, 3.63) is 60.2 Å². The predicted molar refractivity (Wildman–Crippen MR) is 89.4 cm³/mol. The number of amides is 1. The third-order valence-electron chi connectivity index (χ3n) is 3.37. The topological polar surface area (TPSA) is 64.4 Å². The Bertz CT molecular complexity index is 881. The number of pyridine rings is 1. The first-order chi connectivity index (χ1) is 11.2. The summed E-state index contributed by atoms with van der Waals surface area (Å²) in [5, 5.41) is 3.67. The Hall–Kier alpha value is -3.08. The molecule has 3 rings (SSSR count). The fourth-order valence-electron chi connectivity index (χ4n) is 2.30. The van der Waals surface area contributed by atoms with Gasteiger partial charge in [0.25, 0.3) is 0 Å². The highest BCUT2D eigenvalue weighted by molar-refractivity contribution is 6.07. The lowest BCUT2D eigenvalue weighted by molar-refractivity contribution is -0.111. The van der Waals surface area contributed by atoms with Crippen LogP contribution in [0.1, 0.15) is 11.5 Å². The minimum Gasteiger partial charge on any atom is -0.494 e. The molecule has 1 aromatic carbocycles. The van der Waals surface area contributed by atoms with Crippen molar-refractivity contribution in [2.75, 3.05) is 12.4 Å². The first kappa shape index (κ1) is 14.8. The molecule has 0 aliphatic carbocycles. The van der Waals surface area contributed by atoms with Crippen LogP contribution in [-0.2, 0) is 4.79 Å². The number of anilines is 1. The minimum absolute atomic E-state index is 0.241. The van der Waals surface area contributed by atoms with Gasteiger partial charge in [0.1, 0.15) is 22.8 Å². The number of aryl methyl sites for hydroxylation is 1. The third-order valence-corrected chi connectivity index (χ3v) is 3.37. The van der Waals surface area contributed by atoms with Crippen LogP contribution in [0.15, 0.2) is 53.1 Å². The number of furan rings is 1. The van der Waals surface area contributed by atoms with E-state index in [1.54, 1.807) is 31.5 Å². The number of ether oxygens (including phenoxy) is 1. The summed E-state index contributed by atoms with van der Waals surface area (Å²) < 4.78 is 10.7. The Morgan fingerprint density at radius 1 is 1.26 bits per heavy atom. The Morgan fingerprint density at radius 3 is 2.87 bits per heavy atom. The molecule has 0 saturated carbocycles. The van der Waals surface area contributed by atoms with Crippen molar-refractivity contribution in [1.82, 2.24) is 4.98 Å². The molecule has 0 fully saturated rings. The van der Waals surface area contributed by atoms with Gasteiger partial charge in [-0.25, -0.2) is 0 Å². The number of nitrogens with one attached hydrogen (secondary N) is 1. The third kappa shape index (κ3) is 3.23. The highest BCUT2D eigenvalue weighted by Crippen LogP contribution is 2.29. The lowest BCUT2D eigenvalue weighted by Crippen LogP contribution is -2.08. The van der Waals surface area contributed by atoms with Crippen molar-refractivity contribution in [3.8, 4) is 5.75 Å². The van der Waals surface area contributed by atoms with Gasteiger partial charge in [0.15, 0.2) is 0 Å². The highest BCUT2D eigenvalue weighted by atomic mass is 16.5. The molecule has 3 aromatic rings. The van der Waals surface area contributed by atoms with Gasteiger partial charge in [-0.3, -0.25) is 9.78 Å². The first-order valence-electron chi connectivity index (χ1n) is 7.14. The van der Waals surface area contributed by atoms with Gasteiger partial charge in [-0.15, -0.1) is 0 Å². The van der Waals surface area contributed by atoms with Crippen molar-refractivity contribution in [2.45, 2.75) is 6.92 Å². The van der Waals surface area contributed by atoms with Crippen LogP contribution in [0.4, 0.5) is 5.69 Å². The predicted octanol–water partition coefficient (Wildman–Crippen LogP) is 3.80. The smallest absolute Gasteiger partial charge is 0.248 e. The van der Waals surface area contributed by atoms with Gasteiger partial charge >= 0.3 is 0 Å². The van der Waals surface area contributed by atoms with Crippen molar-refractivity contribution < 1.29 is 13.9 Å². The number of benzene rings is 1. The van der Waals surface area contributed by atoms with E-state index in [-0.39, 0.29) is 5.91 Å². The molecule has 0 atom stereocenters. The molecule has 0 bridgehead atoms. The number of nitrogens with zero attached hydrogens (tertiary/aromatic N) is 1. The summed E-state index contributed by atoms with van der Waals surface area (Å²) >= 11 is 0. The molecule has 23 heavy (non-hydrogen) atoms. The maximum absolute atomic E-state index is 12.1. The van der Waals surface area contributed by atoms with Crippen molar-refractivity contribution >= 4 is 28.6 Å². The number of rotatable bonds is 4. The molecule has 0 spiro atoms. The summed E-state index contributed by atoms with van der Waals surface area (Å²) in [6.45, 7) is 1.86. The molecular formula is C18H16N2O3. The Balaban J connectivity index is 1.84. The molecule has 0 saturated heterocycles. The van der Waals surface area contributed by atoms with E-state index in [1.165, 1.54) is 6.08 Å². The standard InChI is InChI=1S/C18H16N2O3/c1-12-5-6-13(23-12)7-10-17(21)20-15-8-9-16(22-2)18-14(15)4-3-11-19-18/h3-11H,1-2H3,(H,20,21). The average molecular weight is 308 g/mol. The molecule has 1 N–H and O–H groups in total.